The lowest BCUT2D eigenvalue weighted by Gasteiger charge is -2.39. The van der Waals surface area contributed by atoms with E-state index in [2.05, 4.69) is 13.8 Å². The van der Waals surface area contributed by atoms with E-state index in [1.165, 1.54) is 0 Å². The Morgan fingerprint density at radius 3 is 2.00 bits per heavy atom. The maximum atomic E-state index is 12.6. The summed E-state index contributed by atoms with van der Waals surface area (Å²) in [6, 6.07) is 0.485. The molecule has 1 heterocycles. The number of nitrogens with zero attached hydrogens (tertiary/aromatic N) is 1. The molecule has 2 aliphatic rings. The fraction of sp³-hybridized carbons (Fsp3) is 0.857. The molecule has 0 aromatic carbocycles. The van der Waals surface area contributed by atoms with Crippen molar-refractivity contribution in [2.24, 2.45) is 17.3 Å². The van der Waals surface area contributed by atoms with Crippen molar-refractivity contribution in [3.63, 3.8) is 0 Å². The van der Waals surface area contributed by atoms with Crippen molar-refractivity contribution in [3.05, 3.63) is 0 Å². The van der Waals surface area contributed by atoms with Gasteiger partial charge >= 0.3 is 5.97 Å². The van der Waals surface area contributed by atoms with Gasteiger partial charge in [-0.15, -0.1) is 0 Å². The number of hydrogen-bond acceptors (Lipinski definition) is 2. The highest BCUT2D eigenvalue weighted by molar-refractivity contribution is 5.92. The average Bonchev–Trinajstić information content (AvgIpc) is 2.81. The molecule has 4 nitrogen and oxygen atoms in total. The lowest BCUT2D eigenvalue weighted by atomic mass is 9.96. The highest BCUT2D eigenvalue weighted by atomic mass is 16.4. The molecule has 0 radical (unpaired) electrons. The maximum Gasteiger partial charge on any atom is 0.307 e. The van der Waals surface area contributed by atoms with Crippen LogP contribution in [0, 0.1) is 17.3 Å². The number of piperidine rings is 1. The standard InChI is InChI=1S/C14H23NO3/c1-8-6-5-7-9(2)15(8)12(16)10-11(13(17)18)14(10,3)4/h8-11H,5-7H2,1-4H3,(H,17,18)/t8-,9+,10-,11+/m1/s1. The van der Waals surface area contributed by atoms with Crippen molar-refractivity contribution in [2.45, 2.75) is 59.0 Å². The zero-order valence-electron chi connectivity index (χ0n) is 11.6. The number of rotatable bonds is 2. The van der Waals surface area contributed by atoms with Crippen molar-refractivity contribution in [2.75, 3.05) is 0 Å². The molecule has 4 heteroatoms. The normalized spacial score (nSPS) is 38.3. The Bertz CT molecular complexity index is 367. The molecule has 4 atom stereocenters. The van der Waals surface area contributed by atoms with Crippen LogP contribution in [-0.2, 0) is 9.59 Å². The van der Waals surface area contributed by atoms with Crippen molar-refractivity contribution in [3.8, 4) is 0 Å². The second kappa shape index (κ2) is 4.25. The molecule has 0 aromatic rings. The molecule has 0 spiro atoms. The van der Waals surface area contributed by atoms with Gasteiger partial charge in [-0.1, -0.05) is 13.8 Å². The molecule has 0 aromatic heterocycles. The second-order valence-electron chi connectivity index (χ2n) is 6.49. The van der Waals surface area contributed by atoms with Gasteiger partial charge in [-0.3, -0.25) is 9.59 Å². The van der Waals surface area contributed by atoms with Crippen LogP contribution in [0.2, 0.25) is 0 Å². The van der Waals surface area contributed by atoms with Crippen LogP contribution in [0.3, 0.4) is 0 Å². The molecule has 2 fully saturated rings. The number of carbonyl (C=O) groups excluding carboxylic acids is 1. The number of amides is 1. The topological polar surface area (TPSA) is 57.6 Å². The molecule has 0 bridgehead atoms. The Labute approximate surface area is 108 Å². The van der Waals surface area contributed by atoms with Crippen LogP contribution < -0.4 is 0 Å². The summed E-state index contributed by atoms with van der Waals surface area (Å²) in [5, 5.41) is 9.17. The van der Waals surface area contributed by atoms with Gasteiger partial charge in [0.1, 0.15) is 0 Å². The fourth-order valence-electron chi connectivity index (χ4n) is 3.58. The third kappa shape index (κ3) is 1.91. The van der Waals surface area contributed by atoms with Gasteiger partial charge in [0.05, 0.1) is 11.8 Å². The van der Waals surface area contributed by atoms with E-state index in [-0.39, 0.29) is 29.3 Å². The van der Waals surface area contributed by atoms with Crippen LogP contribution in [0.25, 0.3) is 0 Å². The van der Waals surface area contributed by atoms with Gasteiger partial charge in [0, 0.05) is 12.1 Å². The average molecular weight is 253 g/mol. The highest BCUT2D eigenvalue weighted by Gasteiger charge is 2.67. The molecule has 1 N–H and O–H groups in total. The third-order valence-electron chi connectivity index (χ3n) is 4.81. The van der Waals surface area contributed by atoms with Crippen LogP contribution in [0.4, 0.5) is 0 Å². The molecule has 1 aliphatic heterocycles. The Hall–Kier alpha value is -1.06. The number of aliphatic carboxylic acids is 1. The van der Waals surface area contributed by atoms with Gasteiger partial charge < -0.3 is 10.0 Å². The number of hydrogen-bond donors (Lipinski definition) is 1. The van der Waals surface area contributed by atoms with Gasteiger partial charge in [0.2, 0.25) is 5.91 Å². The van der Waals surface area contributed by atoms with E-state index in [4.69, 9.17) is 5.11 Å². The summed E-state index contributed by atoms with van der Waals surface area (Å²) in [6.07, 6.45) is 3.21. The van der Waals surface area contributed by atoms with Gasteiger partial charge in [-0.05, 0) is 38.5 Å². The van der Waals surface area contributed by atoms with Crippen LogP contribution in [0.5, 0.6) is 0 Å². The van der Waals surface area contributed by atoms with Crippen molar-refractivity contribution in [1.82, 2.24) is 4.90 Å². The van der Waals surface area contributed by atoms with Crippen molar-refractivity contribution >= 4 is 11.9 Å². The molecule has 1 saturated carbocycles. The van der Waals surface area contributed by atoms with Gasteiger partial charge in [0.25, 0.3) is 0 Å². The molecule has 1 aliphatic carbocycles. The second-order valence-corrected chi connectivity index (χ2v) is 6.49. The lowest BCUT2D eigenvalue weighted by Crippen LogP contribution is -2.48. The largest absolute Gasteiger partial charge is 0.481 e. The van der Waals surface area contributed by atoms with E-state index >= 15 is 0 Å². The zero-order chi connectivity index (χ0) is 13.7. The molecular formula is C14H23NO3. The van der Waals surface area contributed by atoms with Crippen LogP contribution in [-0.4, -0.2) is 34.0 Å². The molecule has 18 heavy (non-hydrogen) atoms. The molecule has 1 saturated heterocycles. The summed E-state index contributed by atoms with van der Waals surface area (Å²) in [7, 11) is 0. The molecule has 1 amide bonds. The van der Waals surface area contributed by atoms with E-state index in [1.54, 1.807) is 0 Å². The number of likely N-dealkylation sites (tertiary alicyclic amines) is 1. The first-order valence-electron chi connectivity index (χ1n) is 6.83. The van der Waals surface area contributed by atoms with Crippen LogP contribution in [0.15, 0.2) is 0 Å². The molecule has 0 unspecified atom stereocenters. The Morgan fingerprint density at radius 1 is 1.11 bits per heavy atom. The third-order valence-corrected chi connectivity index (χ3v) is 4.81. The summed E-state index contributed by atoms with van der Waals surface area (Å²) in [5.74, 6) is -1.63. The fourth-order valence-corrected chi connectivity index (χ4v) is 3.58. The molecule has 102 valence electrons. The monoisotopic (exact) mass is 253 g/mol. The predicted molar refractivity (Wildman–Crippen MR) is 68.0 cm³/mol. The Balaban J connectivity index is 2.15. The summed E-state index contributed by atoms with van der Waals surface area (Å²) in [5.41, 5.74) is -0.389. The number of carboxylic acids is 1. The smallest absolute Gasteiger partial charge is 0.307 e. The van der Waals surface area contributed by atoms with E-state index < -0.39 is 11.9 Å². The quantitative estimate of drug-likeness (QED) is 0.820. The van der Waals surface area contributed by atoms with E-state index in [0.717, 1.165) is 19.3 Å². The lowest BCUT2D eigenvalue weighted by molar-refractivity contribution is -0.144. The first-order valence-corrected chi connectivity index (χ1v) is 6.83. The summed E-state index contributed by atoms with van der Waals surface area (Å²) >= 11 is 0. The number of carboxylic acid groups (broad SMARTS) is 1. The Morgan fingerprint density at radius 2 is 1.61 bits per heavy atom. The van der Waals surface area contributed by atoms with Crippen molar-refractivity contribution in [1.29, 1.82) is 0 Å². The van der Waals surface area contributed by atoms with E-state index in [1.807, 2.05) is 18.7 Å². The van der Waals surface area contributed by atoms with E-state index in [0.29, 0.717) is 0 Å². The minimum Gasteiger partial charge on any atom is -0.481 e. The summed E-state index contributed by atoms with van der Waals surface area (Å²) in [4.78, 5) is 25.7. The van der Waals surface area contributed by atoms with Crippen LogP contribution >= 0.6 is 0 Å². The van der Waals surface area contributed by atoms with E-state index in [9.17, 15) is 9.59 Å². The predicted octanol–water partition coefficient (Wildman–Crippen LogP) is 2.13. The maximum absolute atomic E-state index is 12.6. The minimum atomic E-state index is -0.837. The van der Waals surface area contributed by atoms with Gasteiger partial charge in [-0.2, -0.15) is 0 Å². The highest BCUT2D eigenvalue weighted by Crippen LogP contribution is 2.59. The van der Waals surface area contributed by atoms with Gasteiger partial charge in [-0.25, -0.2) is 0 Å². The Kier molecular flexibility index (Phi) is 3.16. The number of carbonyl (C=O) groups is 2. The van der Waals surface area contributed by atoms with Crippen LogP contribution in [0.1, 0.15) is 47.0 Å². The van der Waals surface area contributed by atoms with Gasteiger partial charge in [0.15, 0.2) is 0 Å². The summed E-state index contributed by atoms with van der Waals surface area (Å²) in [6.45, 7) is 7.90. The molecular weight excluding hydrogens is 230 g/mol. The molecule has 2 rings (SSSR count). The minimum absolute atomic E-state index is 0.0482. The first kappa shape index (κ1) is 13.4. The first-order chi connectivity index (χ1) is 8.28. The summed E-state index contributed by atoms with van der Waals surface area (Å²) < 4.78 is 0. The van der Waals surface area contributed by atoms with Crippen molar-refractivity contribution < 1.29 is 14.7 Å². The SMILES string of the molecule is C[C@@H]1CCC[C@H](C)N1C(=O)[C@H]1[C@@H](C(=O)O)C1(C)C. The zero-order valence-corrected chi connectivity index (χ0v) is 11.6.